The van der Waals surface area contributed by atoms with Crippen LogP contribution in [0.25, 0.3) is 10.4 Å². The first-order valence-electron chi connectivity index (χ1n) is 6.54. The molecule has 0 spiro atoms. The molecule has 114 valence electrons. The molecular formula is C15H15ClF3NS. The van der Waals surface area contributed by atoms with Crippen molar-refractivity contribution in [2.45, 2.75) is 32.0 Å². The third-order valence-electron chi connectivity index (χ3n) is 3.10. The van der Waals surface area contributed by atoms with Gasteiger partial charge in [-0.3, -0.25) is 0 Å². The van der Waals surface area contributed by atoms with E-state index < -0.39 is 11.7 Å². The van der Waals surface area contributed by atoms with Gasteiger partial charge in [0, 0.05) is 20.8 Å². The molecule has 2 rings (SSSR count). The molecule has 6 heteroatoms. The van der Waals surface area contributed by atoms with E-state index in [1.807, 2.05) is 13.0 Å². The van der Waals surface area contributed by atoms with Crippen LogP contribution in [-0.2, 0) is 6.18 Å². The van der Waals surface area contributed by atoms with Gasteiger partial charge in [-0.05, 0) is 42.3 Å². The van der Waals surface area contributed by atoms with Gasteiger partial charge in [-0.25, -0.2) is 0 Å². The monoisotopic (exact) mass is 333 g/mol. The van der Waals surface area contributed by atoms with E-state index in [1.165, 1.54) is 17.4 Å². The fraction of sp³-hybridized carbons (Fsp3) is 0.333. The lowest BCUT2D eigenvalue weighted by Gasteiger charge is -2.09. The first-order valence-corrected chi connectivity index (χ1v) is 7.74. The van der Waals surface area contributed by atoms with E-state index >= 15 is 0 Å². The Morgan fingerprint density at radius 3 is 2.57 bits per heavy atom. The largest absolute Gasteiger partial charge is 0.416 e. The van der Waals surface area contributed by atoms with E-state index in [-0.39, 0.29) is 11.1 Å². The van der Waals surface area contributed by atoms with Crippen LogP contribution in [0.4, 0.5) is 13.2 Å². The van der Waals surface area contributed by atoms with E-state index in [0.29, 0.717) is 5.56 Å². The van der Waals surface area contributed by atoms with Gasteiger partial charge in [0.15, 0.2) is 0 Å². The minimum Gasteiger partial charge on any atom is -0.323 e. The molecule has 1 atom stereocenters. The van der Waals surface area contributed by atoms with Crippen LogP contribution in [0, 0.1) is 0 Å². The van der Waals surface area contributed by atoms with Crippen LogP contribution < -0.4 is 5.73 Å². The molecule has 0 amide bonds. The van der Waals surface area contributed by atoms with Crippen LogP contribution in [0.15, 0.2) is 30.3 Å². The van der Waals surface area contributed by atoms with E-state index in [0.717, 1.165) is 34.7 Å². The molecule has 2 aromatic rings. The van der Waals surface area contributed by atoms with Crippen molar-refractivity contribution in [3.8, 4) is 10.4 Å². The van der Waals surface area contributed by atoms with E-state index in [4.69, 9.17) is 17.3 Å². The number of hydrogen-bond acceptors (Lipinski definition) is 2. The molecular weight excluding hydrogens is 319 g/mol. The van der Waals surface area contributed by atoms with Gasteiger partial charge in [0.25, 0.3) is 0 Å². The van der Waals surface area contributed by atoms with Crippen molar-refractivity contribution in [2.75, 3.05) is 0 Å². The predicted molar refractivity (Wildman–Crippen MR) is 81.6 cm³/mol. The average molecular weight is 334 g/mol. The number of nitrogens with two attached hydrogens (primary N) is 1. The Labute approximate surface area is 130 Å². The van der Waals surface area contributed by atoms with Crippen LogP contribution >= 0.6 is 22.9 Å². The number of halogens is 4. The van der Waals surface area contributed by atoms with Crippen molar-refractivity contribution < 1.29 is 13.2 Å². The molecule has 1 unspecified atom stereocenters. The minimum atomic E-state index is -4.40. The van der Waals surface area contributed by atoms with Crippen LogP contribution in [0.1, 0.15) is 36.2 Å². The van der Waals surface area contributed by atoms with Gasteiger partial charge in [0.2, 0.25) is 0 Å². The normalized spacial score (nSPS) is 13.4. The molecule has 0 saturated carbocycles. The summed E-state index contributed by atoms with van der Waals surface area (Å²) >= 11 is 7.22. The maximum Gasteiger partial charge on any atom is 0.416 e. The molecule has 0 aliphatic heterocycles. The Hall–Kier alpha value is -1.04. The zero-order chi connectivity index (χ0) is 15.6. The lowest BCUT2D eigenvalue weighted by molar-refractivity contribution is -0.137. The summed E-state index contributed by atoms with van der Waals surface area (Å²) in [4.78, 5) is 1.71. The summed E-state index contributed by atoms with van der Waals surface area (Å²) in [5, 5.41) is 0.0765. The van der Waals surface area contributed by atoms with Crippen molar-refractivity contribution >= 4 is 22.9 Å². The molecule has 2 N–H and O–H groups in total. The Morgan fingerprint density at radius 1 is 1.24 bits per heavy atom. The molecule has 0 saturated heterocycles. The molecule has 1 aromatic carbocycles. The minimum absolute atomic E-state index is 0.0741. The van der Waals surface area contributed by atoms with Gasteiger partial charge in [-0.15, -0.1) is 11.3 Å². The van der Waals surface area contributed by atoms with Crippen molar-refractivity contribution in [3.63, 3.8) is 0 Å². The second-order valence-electron chi connectivity index (χ2n) is 4.82. The van der Waals surface area contributed by atoms with E-state index in [9.17, 15) is 13.2 Å². The highest BCUT2D eigenvalue weighted by atomic mass is 35.5. The lowest BCUT2D eigenvalue weighted by Crippen LogP contribution is -2.07. The second-order valence-corrected chi connectivity index (χ2v) is 6.38. The summed E-state index contributed by atoms with van der Waals surface area (Å²) in [7, 11) is 0. The molecule has 1 heterocycles. The summed E-state index contributed by atoms with van der Waals surface area (Å²) in [5.74, 6) is 0. The van der Waals surface area contributed by atoms with Gasteiger partial charge < -0.3 is 5.73 Å². The summed E-state index contributed by atoms with van der Waals surface area (Å²) in [5.41, 5.74) is 5.76. The zero-order valence-corrected chi connectivity index (χ0v) is 12.9. The van der Waals surface area contributed by atoms with E-state index in [2.05, 4.69) is 0 Å². The Morgan fingerprint density at radius 2 is 1.95 bits per heavy atom. The quantitative estimate of drug-likeness (QED) is 0.742. The fourth-order valence-corrected chi connectivity index (χ4v) is 3.32. The standard InChI is InChI=1S/C15H15ClF3NS/c1-2-3-12(20)14-5-4-13(21-14)9-6-10(15(17,18)19)8-11(16)7-9/h4-8,12H,2-3,20H2,1H3. The molecule has 0 bridgehead atoms. The molecule has 0 aliphatic carbocycles. The van der Waals surface area contributed by atoms with Crippen molar-refractivity contribution in [2.24, 2.45) is 5.73 Å². The Balaban J connectivity index is 2.36. The number of hydrogen-bond donors (Lipinski definition) is 1. The first kappa shape index (κ1) is 16.3. The number of rotatable bonds is 4. The van der Waals surface area contributed by atoms with Gasteiger partial charge in [-0.1, -0.05) is 24.9 Å². The topological polar surface area (TPSA) is 26.0 Å². The van der Waals surface area contributed by atoms with Gasteiger partial charge in [0.05, 0.1) is 5.56 Å². The summed E-state index contributed by atoms with van der Waals surface area (Å²) < 4.78 is 38.5. The number of thiophene rings is 1. The Bertz CT molecular complexity index is 622. The second kappa shape index (κ2) is 6.38. The number of benzene rings is 1. The zero-order valence-electron chi connectivity index (χ0n) is 11.4. The SMILES string of the molecule is CCCC(N)c1ccc(-c2cc(Cl)cc(C(F)(F)F)c2)s1. The highest BCUT2D eigenvalue weighted by Crippen LogP contribution is 2.37. The summed E-state index contributed by atoms with van der Waals surface area (Å²) in [6, 6.07) is 7.18. The third kappa shape index (κ3) is 3.99. The molecule has 1 nitrogen and oxygen atoms in total. The van der Waals surface area contributed by atoms with Crippen LogP contribution in [0.2, 0.25) is 5.02 Å². The Kier molecular flexibility index (Phi) is 4.96. The van der Waals surface area contributed by atoms with E-state index in [1.54, 1.807) is 6.07 Å². The third-order valence-corrected chi connectivity index (χ3v) is 4.59. The van der Waals surface area contributed by atoms with Crippen molar-refractivity contribution in [3.05, 3.63) is 45.8 Å². The maximum atomic E-state index is 12.8. The van der Waals surface area contributed by atoms with Crippen molar-refractivity contribution in [1.82, 2.24) is 0 Å². The molecule has 0 fully saturated rings. The fourth-order valence-electron chi connectivity index (χ4n) is 2.06. The molecule has 0 aliphatic rings. The van der Waals surface area contributed by atoms with Gasteiger partial charge >= 0.3 is 6.18 Å². The first-order chi connectivity index (χ1) is 9.81. The molecule has 0 radical (unpaired) electrons. The molecule has 21 heavy (non-hydrogen) atoms. The van der Waals surface area contributed by atoms with Crippen LogP contribution in [0.3, 0.4) is 0 Å². The van der Waals surface area contributed by atoms with Gasteiger partial charge in [-0.2, -0.15) is 13.2 Å². The highest BCUT2D eigenvalue weighted by molar-refractivity contribution is 7.15. The van der Waals surface area contributed by atoms with Crippen molar-refractivity contribution in [1.29, 1.82) is 0 Å². The number of alkyl halides is 3. The van der Waals surface area contributed by atoms with Crippen LogP contribution in [0.5, 0.6) is 0 Å². The average Bonchev–Trinajstić information content (AvgIpc) is 2.87. The smallest absolute Gasteiger partial charge is 0.323 e. The molecule has 1 aromatic heterocycles. The van der Waals surface area contributed by atoms with Gasteiger partial charge in [0.1, 0.15) is 0 Å². The highest BCUT2D eigenvalue weighted by Gasteiger charge is 2.31. The summed E-state index contributed by atoms with van der Waals surface area (Å²) in [6.45, 7) is 2.04. The lowest BCUT2D eigenvalue weighted by atomic mass is 10.1. The van der Waals surface area contributed by atoms with Crippen LogP contribution in [-0.4, -0.2) is 0 Å². The maximum absolute atomic E-state index is 12.8. The predicted octanol–water partition coefficient (Wildman–Crippen LogP) is 5.89. The summed E-state index contributed by atoms with van der Waals surface area (Å²) in [6.07, 6.45) is -2.59.